The minimum Gasteiger partial charge on any atom is -0.385 e. The average molecular weight is 1290 g/mol. The van der Waals surface area contributed by atoms with E-state index in [1.807, 2.05) is 42.3 Å². The number of nitrogens with one attached hydrogen (secondary N) is 3. The van der Waals surface area contributed by atoms with Crippen LogP contribution in [0, 0.1) is 0 Å². The number of aliphatic hydroxyl groups excluding tert-OH is 3. The number of carbonyl (C=O) groups excluding carboxylic acids is 3. The van der Waals surface area contributed by atoms with Crippen molar-refractivity contribution >= 4 is 25.5 Å². The number of unbranched alkanes of at least 4 members (excludes halogenated alkanes) is 36. The van der Waals surface area contributed by atoms with Gasteiger partial charge in [-0.2, -0.15) is 0 Å². The Bertz CT molecular complexity index is 1490. The highest BCUT2D eigenvalue weighted by Crippen LogP contribution is 2.50. The second kappa shape index (κ2) is 58.8. The maximum Gasteiger partial charge on any atom is 0.475 e. The molecule has 0 bridgehead atoms. The molecular formula is C72H150N6O10P+3. The summed E-state index contributed by atoms with van der Waals surface area (Å²) < 4.78 is 33.0. The van der Waals surface area contributed by atoms with E-state index in [9.17, 15) is 34.3 Å². The van der Waals surface area contributed by atoms with E-state index in [0.717, 1.165) is 57.8 Å². The van der Waals surface area contributed by atoms with Crippen molar-refractivity contribution in [2.24, 2.45) is 0 Å². The summed E-state index contributed by atoms with van der Waals surface area (Å²) >= 11 is 0. The smallest absolute Gasteiger partial charge is 0.385 e. The Morgan fingerprint density at radius 1 is 0.315 bits per heavy atom. The molecule has 6 N–H and O–H groups in total. The van der Waals surface area contributed by atoms with Crippen molar-refractivity contribution in [3.8, 4) is 0 Å². The van der Waals surface area contributed by atoms with Gasteiger partial charge in [0.15, 0.2) is 0 Å². The first-order valence-corrected chi connectivity index (χ1v) is 39.0. The summed E-state index contributed by atoms with van der Waals surface area (Å²) in [4.78, 5) is 37.8. The fourth-order valence-electron chi connectivity index (χ4n) is 12.2. The first kappa shape index (κ1) is 87.3. The highest BCUT2D eigenvalue weighted by atomic mass is 31.2. The van der Waals surface area contributed by atoms with Crippen LogP contribution in [0.2, 0.25) is 0 Å². The molecule has 3 atom stereocenters. The number of aliphatic hydroxyl groups is 3. The molecule has 0 saturated carbocycles. The van der Waals surface area contributed by atoms with Crippen LogP contribution in [0.5, 0.6) is 0 Å². The van der Waals surface area contributed by atoms with E-state index in [4.69, 9.17) is 13.6 Å². The lowest BCUT2D eigenvalue weighted by atomic mass is 10.0. The monoisotopic (exact) mass is 1290 g/mol. The van der Waals surface area contributed by atoms with Crippen molar-refractivity contribution in [1.82, 2.24) is 16.0 Å². The van der Waals surface area contributed by atoms with Crippen LogP contribution < -0.4 is 16.0 Å². The minimum absolute atomic E-state index is 0.0780. The lowest BCUT2D eigenvalue weighted by molar-refractivity contribution is -0.893. The lowest BCUT2D eigenvalue weighted by Crippen LogP contribution is -2.48. The molecule has 0 aromatic heterocycles. The van der Waals surface area contributed by atoms with Gasteiger partial charge < -0.3 is 44.7 Å². The van der Waals surface area contributed by atoms with Crippen LogP contribution >= 0.6 is 7.82 Å². The lowest BCUT2D eigenvalue weighted by Gasteiger charge is -2.33. The quantitative estimate of drug-likeness (QED) is 0.0194. The van der Waals surface area contributed by atoms with E-state index in [1.54, 1.807) is 0 Å². The zero-order chi connectivity index (χ0) is 66.0. The van der Waals surface area contributed by atoms with Crippen LogP contribution in [0.25, 0.3) is 0 Å². The van der Waals surface area contributed by atoms with E-state index < -0.39 is 26.1 Å². The molecule has 0 radical (unpaired) electrons. The van der Waals surface area contributed by atoms with Gasteiger partial charge >= 0.3 is 7.82 Å². The number of carbonyl (C=O) groups is 3. The maximum atomic E-state index is 14.3. The van der Waals surface area contributed by atoms with Gasteiger partial charge in [0.2, 0.25) is 17.7 Å². The fourth-order valence-corrected chi connectivity index (χ4v) is 13.5. The van der Waals surface area contributed by atoms with Gasteiger partial charge in [-0.3, -0.25) is 28.0 Å². The third-order valence-electron chi connectivity index (χ3n) is 17.7. The first-order chi connectivity index (χ1) is 42.7. The largest absolute Gasteiger partial charge is 0.475 e. The Hall–Kier alpha value is -1.72. The molecule has 0 spiro atoms. The van der Waals surface area contributed by atoms with Crippen LogP contribution in [0.3, 0.4) is 0 Å². The van der Waals surface area contributed by atoms with Gasteiger partial charge in [0.05, 0.1) is 81.7 Å². The van der Waals surface area contributed by atoms with Crippen molar-refractivity contribution < 1.29 is 61.3 Å². The average Bonchev–Trinajstić information content (AvgIpc) is 3.39. The minimum atomic E-state index is -4.41. The Labute approximate surface area is 549 Å². The zero-order valence-corrected chi connectivity index (χ0v) is 60.9. The number of nitrogens with zero attached hydrogens (tertiary/aromatic N) is 3. The van der Waals surface area contributed by atoms with E-state index >= 15 is 0 Å². The Morgan fingerprint density at radius 3 is 0.685 bits per heavy atom. The van der Waals surface area contributed by atoms with E-state index in [2.05, 4.69) is 36.7 Å². The third-order valence-corrected chi connectivity index (χ3v) is 19.1. The standard InChI is InChI=1S/C72H147N6O10P/c1-10-13-16-19-22-25-28-31-34-37-40-43-46-52-70(82)73-55-49-58-76(4,5)61-67(79)64-86-89(85,87-65-68(80)62-77(6,7)59-50-56-74-71(83)53-47-44-41-38-35-32-29-26-23-20-17-14-11-2)88-66-69(81)63-78(8,9)60-51-57-75-72(84)54-48-45-42-39-36-33-30-27-24-21-18-15-12-3/h67-69,79-81H,10-66H2,1-9H3/p+3. The molecule has 3 amide bonds. The van der Waals surface area contributed by atoms with Gasteiger partial charge in [-0.15, -0.1) is 0 Å². The molecule has 0 aromatic carbocycles. The van der Waals surface area contributed by atoms with Crippen molar-refractivity contribution in [3.63, 3.8) is 0 Å². The molecule has 3 unspecified atom stereocenters. The SMILES string of the molecule is CCCCCCCCCCCCCCCC(=O)NCCC[N+](C)(C)CC(O)COP(=O)(OCC(O)C[N+](C)(C)CCCNC(=O)CCCCCCCCCCCCCCC)OCC(O)C[N+](C)(C)CCCNC(=O)CCCCCCCCCCCCCCC. The maximum absolute atomic E-state index is 14.3. The van der Waals surface area contributed by atoms with Crippen molar-refractivity contribution in [3.05, 3.63) is 0 Å². The first-order valence-electron chi connectivity index (χ1n) is 37.5. The zero-order valence-electron chi connectivity index (χ0n) is 60.0. The van der Waals surface area contributed by atoms with Gasteiger partial charge in [0.25, 0.3) is 0 Å². The Balaban J connectivity index is 5.06. The Morgan fingerprint density at radius 2 is 0.494 bits per heavy atom. The van der Waals surface area contributed by atoms with Gasteiger partial charge in [0, 0.05) is 58.2 Å². The summed E-state index contributed by atoms with van der Waals surface area (Å²) in [6.07, 6.45) is 50.2. The normalized spacial score (nSPS) is 14.0. The van der Waals surface area contributed by atoms with Gasteiger partial charge in [-0.05, 0) is 19.3 Å². The molecule has 0 aliphatic carbocycles. The number of hydrogen-bond acceptors (Lipinski definition) is 10. The molecule has 0 aliphatic rings. The van der Waals surface area contributed by atoms with Crippen LogP contribution in [0.4, 0.5) is 0 Å². The Kier molecular flexibility index (Phi) is 57.7. The molecule has 0 heterocycles. The number of rotatable bonds is 69. The molecule has 17 heteroatoms. The van der Waals surface area contributed by atoms with Crippen LogP contribution in [-0.4, -0.2) is 186 Å². The topological polar surface area (TPSA) is 193 Å². The number of quaternary nitrogens is 3. The summed E-state index contributed by atoms with van der Waals surface area (Å²) in [5.41, 5.74) is 0. The molecule has 89 heavy (non-hydrogen) atoms. The van der Waals surface area contributed by atoms with Crippen molar-refractivity contribution in [2.45, 2.75) is 328 Å². The van der Waals surface area contributed by atoms with E-state index in [0.29, 0.717) is 72.0 Å². The summed E-state index contributed by atoms with van der Waals surface area (Å²) in [5.74, 6) is 0.234. The second-order valence-electron chi connectivity index (χ2n) is 28.9. The van der Waals surface area contributed by atoms with Crippen LogP contribution in [0.15, 0.2) is 0 Å². The van der Waals surface area contributed by atoms with E-state index in [1.165, 1.54) is 212 Å². The molecule has 16 nitrogen and oxygen atoms in total. The summed E-state index contributed by atoms with van der Waals surface area (Å²) in [6, 6.07) is 0. The summed E-state index contributed by atoms with van der Waals surface area (Å²) in [6.45, 7) is 10.2. The highest BCUT2D eigenvalue weighted by molar-refractivity contribution is 7.48. The van der Waals surface area contributed by atoms with E-state index in [-0.39, 0.29) is 57.2 Å². The van der Waals surface area contributed by atoms with Crippen molar-refractivity contribution in [1.29, 1.82) is 0 Å². The fraction of sp³-hybridized carbons (Fsp3) is 0.958. The predicted molar refractivity (Wildman–Crippen MR) is 373 cm³/mol. The predicted octanol–water partition coefficient (Wildman–Crippen LogP) is 15.4. The molecule has 530 valence electrons. The van der Waals surface area contributed by atoms with Gasteiger partial charge in [-0.1, -0.05) is 252 Å². The summed E-state index contributed by atoms with van der Waals surface area (Å²) in [7, 11) is 7.52. The summed E-state index contributed by atoms with van der Waals surface area (Å²) in [5, 5.41) is 42.9. The number of phosphoric ester groups is 1. The number of phosphoric acid groups is 1. The molecule has 0 rings (SSSR count). The molecular weight excluding hydrogens is 1140 g/mol. The van der Waals surface area contributed by atoms with Crippen LogP contribution in [-0.2, 0) is 32.5 Å². The number of hydrogen-bond donors (Lipinski definition) is 6. The van der Waals surface area contributed by atoms with Gasteiger partial charge in [0.1, 0.15) is 37.9 Å². The molecule has 0 fully saturated rings. The second-order valence-corrected chi connectivity index (χ2v) is 30.6. The van der Waals surface area contributed by atoms with Crippen LogP contribution in [0.1, 0.15) is 310 Å². The highest BCUT2D eigenvalue weighted by Gasteiger charge is 2.34. The number of likely N-dealkylation sites (N-methyl/N-ethyl adjacent to an activating group) is 3. The molecule has 0 saturated heterocycles. The van der Waals surface area contributed by atoms with Gasteiger partial charge in [-0.25, -0.2) is 4.57 Å². The molecule has 0 aromatic rings. The number of amides is 3. The molecule has 0 aliphatic heterocycles. The third kappa shape index (κ3) is 60.9. The van der Waals surface area contributed by atoms with Crippen molar-refractivity contribution in [2.75, 3.05) is 121 Å².